The first-order chi connectivity index (χ1) is 10.8. The van der Waals surface area contributed by atoms with Crippen molar-refractivity contribution in [3.05, 3.63) is 36.0 Å². The lowest BCUT2D eigenvalue weighted by Gasteiger charge is -2.22. The van der Waals surface area contributed by atoms with Gasteiger partial charge in [0.05, 0.1) is 6.34 Å². The maximum atomic E-state index is 4.87. The molecule has 1 fully saturated rings. The molecule has 1 unspecified atom stereocenters. The van der Waals surface area contributed by atoms with Crippen molar-refractivity contribution < 1.29 is 0 Å². The third-order valence-electron chi connectivity index (χ3n) is 4.59. The zero-order valence-corrected chi connectivity index (χ0v) is 12.8. The minimum absolute atomic E-state index is 0.0389. The molecule has 0 radical (unpaired) electrons. The smallest absolute Gasteiger partial charge is 0.148 e. The van der Waals surface area contributed by atoms with E-state index in [4.69, 9.17) is 4.98 Å². The van der Waals surface area contributed by atoms with E-state index in [9.17, 15) is 0 Å². The first-order valence-electron chi connectivity index (χ1n) is 7.99. The van der Waals surface area contributed by atoms with Crippen LogP contribution < -0.4 is 10.6 Å². The number of rotatable bonds is 3. The van der Waals surface area contributed by atoms with Gasteiger partial charge in [-0.3, -0.25) is 5.32 Å². The van der Waals surface area contributed by atoms with Crippen molar-refractivity contribution in [2.24, 2.45) is 12.0 Å². The summed E-state index contributed by atoms with van der Waals surface area (Å²) in [6.45, 7) is 0. The number of benzene rings is 1. The van der Waals surface area contributed by atoms with Crippen LogP contribution >= 0.6 is 0 Å². The Morgan fingerprint density at radius 2 is 1.95 bits per heavy atom. The second-order valence-corrected chi connectivity index (χ2v) is 6.07. The molecule has 0 bridgehead atoms. The molecule has 2 aliphatic rings. The summed E-state index contributed by atoms with van der Waals surface area (Å²) in [7, 11) is 2.05. The van der Waals surface area contributed by atoms with Crippen LogP contribution in [0.5, 0.6) is 0 Å². The van der Waals surface area contributed by atoms with Crippen molar-refractivity contribution in [1.29, 1.82) is 0 Å². The number of nitrogens with one attached hydrogen (secondary N) is 2. The van der Waals surface area contributed by atoms with E-state index in [0.29, 0.717) is 6.04 Å². The van der Waals surface area contributed by atoms with Gasteiger partial charge >= 0.3 is 0 Å². The molecule has 4 rings (SSSR count). The van der Waals surface area contributed by atoms with E-state index >= 15 is 0 Å². The lowest BCUT2D eigenvalue weighted by molar-refractivity contribution is 0.444. The zero-order chi connectivity index (χ0) is 14.9. The van der Waals surface area contributed by atoms with Crippen molar-refractivity contribution in [3.8, 4) is 11.4 Å². The zero-order valence-electron chi connectivity index (χ0n) is 12.8. The van der Waals surface area contributed by atoms with Gasteiger partial charge in [0.1, 0.15) is 23.5 Å². The Balaban J connectivity index is 1.67. The number of anilines is 1. The Kier molecular flexibility index (Phi) is 3.42. The molecule has 1 aromatic heterocycles. The molecule has 1 aliphatic carbocycles. The van der Waals surface area contributed by atoms with E-state index in [2.05, 4.69) is 32.3 Å². The van der Waals surface area contributed by atoms with Gasteiger partial charge in [0.2, 0.25) is 0 Å². The normalized spacial score (nSPS) is 20.9. The summed E-state index contributed by atoms with van der Waals surface area (Å²) in [4.78, 5) is 9.43. The molecule has 0 saturated heterocycles. The predicted octanol–water partition coefficient (Wildman–Crippen LogP) is 3.07. The van der Waals surface area contributed by atoms with Crippen LogP contribution in [0.1, 0.15) is 37.5 Å². The highest BCUT2D eigenvalue weighted by Crippen LogP contribution is 2.32. The molecule has 0 amide bonds. The molecule has 114 valence electrons. The fourth-order valence-electron chi connectivity index (χ4n) is 3.41. The van der Waals surface area contributed by atoms with E-state index in [1.165, 1.54) is 25.7 Å². The highest BCUT2D eigenvalue weighted by Gasteiger charge is 2.27. The number of hydrogen-bond acceptors (Lipinski definition) is 4. The molecule has 1 aliphatic heterocycles. The summed E-state index contributed by atoms with van der Waals surface area (Å²) in [5.41, 5.74) is 2.12. The Morgan fingerprint density at radius 1 is 1.18 bits per heavy atom. The van der Waals surface area contributed by atoms with Crippen LogP contribution in [-0.2, 0) is 7.05 Å². The number of hydrogen-bond donors (Lipinski definition) is 2. The molecule has 1 aromatic carbocycles. The summed E-state index contributed by atoms with van der Waals surface area (Å²) < 4.78 is 2.11. The van der Waals surface area contributed by atoms with Gasteiger partial charge in [-0.15, -0.1) is 0 Å². The number of fused-ring (bicyclic) bond motifs is 1. The van der Waals surface area contributed by atoms with Crippen LogP contribution in [0.2, 0.25) is 0 Å². The monoisotopic (exact) mass is 295 g/mol. The lowest BCUT2D eigenvalue weighted by atomic mass is 10.2. The summed E-state index contributed by atoms with van der Waals surface area (Å²) in [5.74, 6) is 2.01. The first-order valence-corrected chi connectivity index (χ1v) is 7.99. The number of imidazole rings is 1. The fourth-order valence-corrected chi connectivity index (χ4v) is 3.41. The molecule has 22 heavy (non-hydrogen) atoms. The predicted molar refractivity (Wildman–Crippen MR) is 88.9 cm³/mol. The van der Waals surface area contributed by atoms with Gasteiger partial charge in [0.25, 0.3) is 0 Å². The van der Waals surface area contributed by atoms with Crippen molar-refractivity contribution in [3.63, 3.8) is 0 Å². The van der Waals surface area contributed by atoms with Gasteiger partial charge in [-0.05, 0) is 12.8 Å². The second kappa shape index (κ2) is 5.57. The first kappa shape index (κ1) is 13.5. The summed E-state index contributed by atoms with van der Waals surface area (Å²) in [6.07, 6.45) is 6.86. The van der Waals surface area contributed by atoms with Crippen LogP contribution in [0.3, 0.4) is 0 Å². The maximum Gasteiger partial charge on any atom is 0.148 e. The van der Waals surface area contributed by atoms with Gasteiger partial charge in [-0.2, -0.15) is 0 Å². The summed E-state index contributed by atoms with van der Waals surface area (Å²) >= 11 is 0. The molecule has 2 heterocycles. The molecule has 2 N–H and O–H groups in total. The minimum atomic E-state index is -0.0389. The standard InChI is InChI=1S/C17H21N5/c1-22-16(12-7-3-2-4-8-12)21-14-15(18-11-19-17(14)22)20-13-9-5-6-10-13/h2-4,7-8,11,13,15,20H,5-6,9-10H2,1H3,(H,18,19). The van der Waals surface area contributed by atoms with Gasteiger partial charge in [-0.1, -0.05) is 43.2 Å². The maximum absolute atomic E-state index is 4.87. The topological polar surface area (TPSA) is 54.2 Å². The molecule has 5 heteroatoms. The number of aromatic nitrogens is 2. The number of nitrogens with zero attached hydrogens (tertiary/aromatic N) is 3. The average Bonchev–Trinajstić information content (AvgIpc) is 3.18. The Labute approximate surface area is 130 Å². The van der Waals surface area contributed by atoms with Crippen LogP contribution in [0.25, 0.3) is 11.4 Å². The largest absolute Gasteiger partial charge is 0.331 e. The Morgan fingerprint density at radius 3 is 2.73 bits per heavy atom. The average molecular weight is 295 g/mol. The molecule has 0 spiro atoms. The van der Waals surface area contributed by atoms with E-state index in [1.807, 2.05) is 25.2 Å². The molecule has 1 atom stereocenters. The SMILES string of the molecule is Cn1c(-c2ccccc2)nc2c1NC=NC2NC1CCCC1. The van der Waals surface area contributed by atoms with E-state index in [0.717, 1.165) is 22.9 Å². The number of aliphatic imine (C=N–C) groups is 1. The lowest BCUT2D eigenvalue weighted by Crippen LogP contribution is -2.32. The van der Waals surface area contributed by atoms with E-state index < -0.39 is 0 Å². The highest BCUT2D eigenvalue weighted by atomic mass is 15.3. The van der Waals surface area contributed by atoms with Gasteiger partial charge < -0.3 is 9.88 Å². The van der Waals surface area contributed by atoms with Gasteiger partial charge in [0.15, 0.2) is 0 Å². The quantitative estimate of drug-likeness (QED) is 0.915. The minimum Gasteiger partial charge on any atom is -0.331 e. The third kappa shape index (κ3) is 2.31. The Bertz CT molecular complexity index is 683. The molecule has 1 saturated carbocycles. The second-order valence-electron chi connectivity index (χ2n) is 6.07. The summed E-state index contributed by atoms with van der Waals surface area (Å²) in [6, 6.07) is 10.9. The van der Waals surface area contributed by atoms with Crippen molar-refractivity contribution in [2.45, 2.75) is 37.9 Å². The Hall–Kier alpha value is -2.14. The van der Waals surface area contributed by atoms with Crippen LogP contribution in [0, 0.1) is 0 Å². The van der Waals surface area contributed by atoms with Crippen molar-refractivity contribution >= 4 is 12.2 Å². The van der Waals surface area contributed by atoms with Crippen LogP contribution in [0.15, 0.2) is 35.3 Å². The van der Waals surface area contributed by atoms with Gasteiger partial charge in [-0.25, -0.2) is 9.98 Å². The third-order valence-corrected chi connectivity index (χ3v) is 4.59. The highest BCUT2D eigenvalue weighted by molar-refractivity contribution is 5.79. The summed E-state index contributed by atoms with van der Waals surface area (Å²) in [5, 5.41) is 6.90. The fraction of sp³-hybridized carbons (Fsp3) is 0.412. The van der Waals surface area contributed by atoms with Crippen LogP contribution in [0.4, 0.5) is 5.82 Å². The van der Waals surface area contributed by atoms with Crippen molar-refractivity contribution in [1.82, 2.24) is 14.9 Å². The molecule has 2 aromatic rings. The van der Waals surface area contributed by atoms with Crippen LogP contribution in [-0.4, -0.2) is 21.9 Å². The van der Waals surface area contributed by atoms with E-state index in [-0.39, 0.29) is 6.17 Å². The molecular weight excluding hydrogens is 274 g/mol. The van der Waals surface area contributed by atoms with Crippen molar-refractivity contribution in [2.75, 3.05) is 5.32 Å². The molecule has 5 nitrogen and oxygen atoms in total. The van der Waals surface area contributed by atoms with E-state index in [1.54, 1.807) is 6.34 Å². The van der Waals surface area contributed by atoms with Gasteiger partial charge in [0, 0.05) is 18.7 Å². The molecular formula is C17H21N5.